The third-order valence-corrected chi connectivity index (χ3v) is 3.65. The summed E-state index contributed by atoms with van der Waals surface area (Å²) in [6, 6.07) is 4.36. The summed E-state index contributed by atoms with van der Waals surface area (Å²) < 4.78 is 24.8. The minimum Gasteiger partial charge on any atom is -0.387 e. The molecule has 0 aliphatic rings. The van der Waals surface area contributed by atoms with Crippen molar-refractivity contribution >= 4 is 33.2 Å². The van der Waals surface area contributed by atoms with E-state index in [4.69, 9.17) is 11.6 Å². The van der Waals surface area contributed by atoms with Gasteiger partial charge in [-0.05, 0) is 23.8 Å². The van der Waals surface area contributed by atoms with Crippen molar-refractivity contribution in [2.75, 3.05) is 17.5 Å². The van der Waals surface area contributed by atoms with Crippen LogP contribution in [0.25, 0.3) is 0 Å². The second kappa shape index (κ2) is 6.99. The number of nitrogens with zero attached hydrogens (tertiary/aromatic N) is 1. The first kappa shape index (κ1) is 17.3. The Hall–Kier alpha value is -2.10. The zero-order valence-electron chi connectivity index (χ0n) is 12.1. The first-order chi connectivity index (χ1) is 10.7. The zero-order valence-corrected chi connectivity index (χ0v) is 13.6. The lowest BCUT2D eigenvalue weighted by Gasteiger charge is -2.14. The molecule has 1 aromatic heterocycles. The topological polar surface area (TPSA) is 124 Å². The van der Waals surface area contributed by atoms with Crippen LogP contribution in [0.15, 0.2) is 30.6 Å². The molecule has 0 spiro atoms. The van der Waals surface area contributed by atoms with Gasteiger partial charge in [-0.1, -0.05) is 11.6 Å². The summed E-state index contributed by atoms with van der Waals surface area (Å²) in [5.74, 6) is -0.394. The molecule has 1 atom stereocenters. The molecule has 2 rings (SSSR count). The molecule has 8 nitrogen and oxygen atoms in total. The minimum absolute atomic E-state index is 0.0668. The van der Waals surface area contributed by atoms with Crippen molar-refractivity contribution < 1.29 is 18.3 Å². The predicted octanol–water partition coefficient (Wildman–Crippen LogP) is 0.898. The van der Waals surface area contributed by atoms with Gasteiger partial charge in [0, 0.05) is 17.8 Å². The van der Waals surface area contributed by atoms with Gasteiger partial charge < -0.3 is 10.4 Å². The molecule has 23 heavy (non-hydrogen) atoms. The summed E-state index contributed by atoms with van der Waals surface area (Å²) >= 11 is 5.92. The lowest BCUT2D eigenvalue weighted by Crippen LogP contribution is -2.28. The summed E-state index contributed by atoms with van der Waals surface area (Å²) in [7, 11) is -3.46. The number of anilines is 1. The molecular weight excluding hydrogens is 344 g/mol. The summed E-state index contributed by atoms with van der Waals surface area (Å²) in [5, 5.41) is 19.1. The highest BCUT2D eigenvalue weighted by Gasteiger charge is 2.14. The zero-order chi connectivity index (χ0) is 17.0. The van der Waals surface area contributed by atoms with E-state index in [2.05, 4.69) is 20.2 Å². The van der Waals surface area contributed by atoms with Crippen molar-refractivity contribution in [3.8, 4) is 0 Å². The Morgan fingerprint density at radius 1 is 1.43 bits per heavy atom. The maximum Gasteiger partial charge on any atom is 0.254 e. The van der Waals surface area contributed by atoms with E-state index in [1.807, 2.05) is 0 Å². The summed E-state index contributed by atoms with van der Waals surface area (Å²) in [5.41, 5.74) is 0.939. The van der Waals surface area contributed by atoms with Gasteiger partial charge in [-0.15, -0.1) is 0 Å². The number of aromatic nitrogens is 2. The van der Waals surface area contributed by atoms with E-state index in [1.54, 1.807) is 0 Å². The molecule has 10 heteroatoms. The van der Waals surface area contributed by atoms with Gasteiger partial charge in [-0.3, -0.25) is 14.6 Å². The highest BCUT2D eigenvalue weighted by molar-refractivity contribution is 7.92. The Balaban J connectivity index is 2.06. The summed E-state index contributed by atoms with van der Waals surface area (Å²) in [6.07, 6.45) is 2.74. The summed E-state index contributed by atoms with van der Waals surface area (Å²) in [4.78, 5) is 11.8. The number of amides is 1. The number of aliphatic hydroxyl groups is 1. The first-order valence-electron chi connectivity index (χ1n) is 6.48. The van der Waals surface area contributed by atoms with E-state index in [1.165, 1.54) is 30.6 Å². The van der Waals surface area contributed by atoms with E-state index in [-0.39, 0.29) is 17.3 Å². The summed E-state index contributed by atoms with van der Waals surface area (Å²) in [6.45, 7) is -0.0668. The SMILES string of the molecule is CS(=O)(=O)Nc1cc(Cl)cc([C@@H](O)CNC(=O)c2cn[nH]c2)c1. The van der Waals surface area contributed by atoms with Crippen molar-refractivity contribution in [3.63, 3.8) is 0 Å². The standard InChI is InChI=1S/C13H15ClN4O4S/c1-23(21,22)18-11-3-8(2-10(14)4-11)12(19)7-15-13(20)9-5-16-17-6-9/h2-6,12,18-19H,7H2,1H3,(H,15,20)(H,16,17)/t12-/m0/s1. The molecule has 0 aliphatic heterocycles. The molecule has 0 bridgehead atoms. The van der Waals surface area contributed by atoms with Gasteiger partial charge in [0.1, 0.15) is 0 Å². The molecule has 0 aliphatic carbocycles. The Morgan fingerprint density at radius 2 is 2.17 bits per heavy atom. The van der Waals surface area contributed by atoms with Crippen LogP contribution in [0.5, 0.6) is 0 Å². The molecule has 0 saturated heterocycles. The number of aliphatic hydroxyl groups excluding tert-OH is 1. The van der Waals surface area contributed by atoms with Gasteiger partial charge in [0.25, 0.3) is 5.91 Å². The maximum atomic E-state index is 11.8. The highest BCUT2D eigenvalue weighted by Crippen LogP contribution is 2.24. The number of benzene rings is 1. The van der Waals surface area contributed by atoms with Gasteiger partial charge in [0.15, 0.2) is 0 Å². The number of hydrogen-bond acceptors (Lipinski definition) is 5. The van der Waals surface area contributed by atoms with Gasteiger partial charge in [-0.2, -0.15) is 5.10 Å². The van der Waals surface area contributed by atoms with Gasteiger partial charge >= 0.3 is 0 Å². The van der Waals surface area contributed by atoms with Crippen LogP contribution in [0, 0.1) is 0 Å². The van der Waals surface area contributed by atoms with Crippen LogP contribution in [0.1, 0.15) is 22.0 Å². The fraction of sp³-hybridized carbons (Fsp3) is 0.231. The molecule has 1 aromatic carbocycles. The van der Waals surface area contributed by atoms with E-state index < -0.39 is 22.0 Å². The van der Waals surface area contributed by atoms with Crippen LogP contribution >= 0.6 is 11.6 Å². The normalized spacial score (nSPS) is 12.7. The van der Waals surface area contributed by atoms with Crippen molar-refractivity contribution in [3.05, 3.63) is 46.7 Å². The number of nitrogens with one attached hydrogen (secondary N) is 3. The highest BCUT2D eigenvalue weighted by atomic mass is 35.5. The molecule has 0 fully saturated rings. The maximum absolute atomic E-state index is 11.8. The fourth-order valence-corrected chi connectivity index (χ4v) is 2.65. The monoisotopic (exact) mass is 358 g/mol. The van der Waals surface area contributed by atoms with E-state index in [0.717, 1.165) is 6.26 Å². The average molecular weight is 359 g/mol. The Kier molecular flexibility index (Phi) is 5.24. The third kappa shape index (κ3) is 5.23. The fourth-order valence-electron chi connectivity index (χ4n) is 1.86. The predicted molar refractivity (Wildman–Crippen MR) is 85.8 cm³/mol. The van der Waals surface area contributed by atoms with Gasteiger partial charge in [0.2, 0.25) is 10.0 Å². The van der Waals surface area contributed by atoms with Crippen molar-refractivity contribution in [1.82, 2.24) is 15.5 Å². The smallest absolute Gasteiger partial charge is 0.254 e. The number of aromatic amines is 1. The number of halogens is 1. The third-order valence-electron chi connectivity index (χ3n) is 2.82. The Labute approximate surface area is 137 Å². The number of hydrogen-bond donors (Lipinski definition) is 4. The Morgan fingerprint density at radius 3 is 2.78 bits per heavy atom. The number of sulfonamides is 1. The lowest BCUT2D eigenvalue weighted by molar-refractivity contribution is 0.0916. The second-order valence-corrected chi connectivity index (χ2v) is 7.05. The molecule has 2 aromatic rings. The van der Waals surface area contributed by atoms with Crippen LogP contribution in [0.4, 0.5) is 5.69 Å². The van der Waals surface area contributed by atoms with Gasteiger partial charge in [0.05, 0.1) is 29.8 Å². The van der Waals surface area contributed by atoms with E-state index in [9.17, 15) is 18.3 Å². The molecule has 1 heterocycles. The molecule has 0 saturated carbocycles. The number of H-pyrrole nitrogens is 1. The molecule has 1 amide bonds. The van der Waals surface area contributed by atoms with E-state index in [0.29, 0.717) is 11.1 Å². The molecular formula is C13H15ClN4O4S. The van der Waals surface area contributed by atoms with E-state index >= 15 is 0 Å². The van der Waals surface area contributed by atoms with Crippen molar-refractivity contribution in [1.29, 1.82) is 0 Å². The Bertz CT molecular complexity index is 792. The first-order valence-corrected chi connectivity index (χ1v) is 8.75. The second-order valence-electron chi connectivity index (χ2n) is 4.86. The molecule has 4 N–H and O–H groups in total. The molecule has 0 radical (unpaired) electrons. The van der Waals surface area contributed by atoms with Crippen LogP contribution < -0.4 is 10.0 Å². The number of rotatable bonds is 6. The van der Waals surface area contributed by atoms with Crippen molar-refractivity contribution in [2.24, 2.45) is 0 Å². The number of carbonyl (C=O) groups excluding carboxylic acids is 1. The molecule has 0 unspecified atom stereocenters. The largest absolute Gasteiger partial charge is 0.387 e. The van der Waals surface area contributed by atoms with Crippen LogP contribution in [-0.2, 0) is 10.0 Å². The van der Waals surface area contributed by atoms with Gasteiger partial charge in [-0.25, -0.2) is 8.42 Å². The van der Waals surface area contributed by atoms with Crippen LogP contribution in [0.3, 0.4) is 0 Å². The number of carbonyl (C=O) groups is 1. The average Bonchev–Trinajstić information content (AvgIpc) is 2.95. The molecule has 124 valence electrons. The minimum atomic E-state index is -3.46. The van der Waals surface area contributed by atoms with Crippen LogP contribution in [0.2, 0.25) is 5.02 Å². The van der Waals surface area contributed by atoms with Crippen LogP contribution in [-0.4, -0.2) is 42.4 Å². The van der Waals surface area contributed by atoms with Crippen molar-refractivity contribution in [2.45, 2.75) is 6.10 Å². The lowest BCUT2D eigenvalue weighted by atomic mass is 10.1. The quantitative estimate of drug-likeness (QED) is 0.610.